The molecule has 122 valence electrons. The van der Waals surface area contributed by atoms with E-state index >= 15 is 0 Å². The number of rotatable bonds is 3. The maximum Gasteiger partial charge on any atom is 0.251 e. The van der Waals surface area contributed by atoms with Gasteiger partial charge in [0.25, 0.3) is 5.91 Å². The Morgan fingerprint density at radius 3 is 2.75 bits per heavy atom. The lowest BCUT2D eigenvalue weighted by molar-refractivity contribution is -0.116. The van der Waals surface area contributed by atoms with Gasteiger partial charge in [0, 0.05) is 24.2 Å². The first-order valence-electron chi connectivity index (χ1n) is 8.51. The second-order valence-corrected chi connectivity index (χ2v) is 6.56. The highest BCUT2D eigenvalue weighted by atomic mass is 16.2. The molecule has 0 bridgehead atoms. The third-order valence-corrected chi connectivity index (χ3v) is 4.88. The van der Waals surface area contributed by atoms with Gasteiger partial charge < -0.3 is 10.6 Å². The van der Waals surface area contributed by atoms with Gasteiger partial charge in [-0.1, -0.05) is 18.2 Å². The van der Waals surface area contributed by atoms with Gasteiger partial charge in [-0.15, -0.1) is 0 Å². The van der Waals surface area contributed by atoms with Crippen molar-refractivity contribution in [1.82, 2.24) is 5.32 Å². The summed E-state index contributed by atoms with van der Waals surface area (Å²) in [7, 11) is 0. The molecule has 4 heteroatoms. The first-order valence-corrected chi connectivity index (χ1v) is 8.51. The summed E-state index contributed by atoms with van der Waals surface area (Å²) in [6.07, 6.45) is 4.72. The molecule has 0 saturated heterocycles. The molecule has 2 aliphatic rings. The fourth-order valence-electron chi connectivity index (χ4n) is 3.54. The van der Waals surface area contributed by atoms with Crippen molar-refractivity contribution < 1.29 is 9.59 Å². The predicted octanol–water partition coefficient (Wildman–Crippen LogP) is 2.99. The van der Waals surface area contributed by atoms with E-state index in [2.05, 4.69) is 28.8 Å². The Morgan fingerprint density at radius 1 is 0.958 bits per heavy atom. The van der Waals surface area contributed by atoms with Crippen molar-refractivity contribution in [3.05, 3.63) is 64.2 Å². The number of carbonyl (C=O) groups is 2. The average molecular weight is 320 g/mol. The predicted molar refractivity (Wildman–Crippen MR) is 93.0 cm³/mol. The van der Waals surface area contributed by atoms with Crippen LogP contribution >= 0.6 is 0 Å². The highest BCUT2D eigenvalue weighted by Crippen LogP contribution is 2.24. The first kappa shape index (κ1) is 14.9. The Balaban J connectivity index is 1.44. The van der Waals surface area contributed by atoms with Crippen LogP contribution < -0.4 is 10.6 Å². The summed E-state index contributed by atoms with van der Waals surface area (Å²) in [5.74, 6) is -0.0356. The zero-order valence-electron chi connectivity index (χ0n) is 13.5. The Morgan fingerprint density at radius 2 is 1.83 bits per heavy atom. The number of aryl methyl sites for hydroxylation is 3. The normalized spacial score (nSPS) is 15.4. The Kier molecular flexibility index (Phi) is 3.81. The SMILES string of the molecule is O=C1CCc2cc(C(=O)NCc3ccc4c(c3)CCC4)ccc2N1. The molecule has 1 aliphatic carbocycles. The third-order valence-electron chi connectivity index (χ3n) is 4.88. The van der Waals surface area contributed by atoms with Gasteiger partial charge >= 0.3 is 0 Å². The zero-order chi connectivity index (χ0) is 16.5. The minimum absolute atomic E-state index is 0.0383. The minimum atomic E-state index is -0.0739. The maximum atomic E-state index is 12.4. The monoisotopic (exact) mass is 320 g/mol. The van der Waals surface area contributed by atoms with Crippen LogP contribution in [0.4, 0.5) is 5.69 Å². The van der Waals surface area contributed by atoms with Crippen LogP contribution in [0.1, 0.15) is 45.5 Å². The van der Waals surface area contributed by atoms with E-state index in [4.69, 9.17) is 0 Å². The average Bonchev–Trinajstić information content (AvgIpc) is 3.07. The van der Waals surface area contributed by atoms with Crippen LogP contribution in [0.3, 0.4) is 0 Å². The smallest absolute Gasteiger partial charge is 0.251 e. The summed E-state index contributed by atoms with van der Waals surface area (Å²) < 4.78 is 0. The van der Waals surface area contributed by atoms with Gasteiger partial charge in [-0.25, -0.2) is 0 Å². The molecule has 0 spiro atoms. The fourth-order valence-corrected chi connectivity index (χ4v) is 3.54. The number of amides is 2. The maximum absolute atomic E-state index is 12.4. The molecule has 0 aromatic heterocycles. The largest absolute Gasteiger partial charge is 0.348 e. The van der Waals surface area contributed by atoms with Crippen molar-refractivity contribution in [3.8, 4) is 0 Å². The van der Waals surface area contributed by atoms with E-state index in [-0.39, 0.29) is 11.8 Å². The van der Waals surface area contributed by atoms with Crippen molar-refractivity contribution in [2.45, 2.75) is 38.6 Å². The quantitative estimate of drug-likeness (QED) is 0.913. The van der Waals surface area contributed by atoms with Crippen LogP contribution in [-0.2, 0) is 30.6 Å². The summed E-state index contributed by atoms with van der Waals surface area (Å²) in [4.78, 5) is 23.8. The third kappa shape index (κ3) is 2.92. The molecule has 1 aliphatic heterocycles. The number of hydrogen-bond donors (Lipinski definition) is 2. The van der Waals surface area contributed by atoms with Crippen molar-refractivity contribution in [1.29, 1.82) is 0 Å². The number of benzene rings is 2. The minimum Gasteiger partial charge on any atom is -0.348 e. The fraction of sp³-hybridized carbons (Fsp3) is 0.300. The van der Waals surface area contributed by atoms with E-state index in [1.165, 1.54) is 24.0 Å². The summed E-state index contributed by atoms with van der Waals surface area (Å²) in [6.45, 7) is 0.542. The van der Waals surface area contributed by atoms with Crippen molar-refractivity contribution >= 4 is 17.5 Å². The van der Waals surface area contributed by atoms with Crippen molar-refractivity contribution in [3.63, 3.8) is 0 Å². The molecular formula is C20H20N2O2. The van der Waals surface area contributed by atoms with Crippen molar-refractivity contribution in [2.75, 3.05) is 5.32 Å². The number of carbonyl (C=O) groups excluding carboxylic acids is 2. The number of hydrogen-bond acceptors (Lipinski definition) is 2. The van der Waals surface area contributed by atoms with Crippen molar-refractivity contribution in [2.24, 2.45) is 0 Å². The first-order chi connectivity index (χ1) is 11.7. The number of nitrogens with one attached hydrogen (secondary N) is 2. The van der Waals surface area contributed by atoms with E-state index < -0.39 is 0 Å². The van der Waals surface area contributed by atoms with Crippen LogP contribution in [-0.4, -0.2) is 11.8 Å². The van der Waals surface area contributed by atoms with E-state index in [1.54, 1.807) is 6.07 Å². The molecule has 0 fully saturated rings. The summed E-state index contributed by atoms with van der Waals surface area (Å²) in [5, 5.41) is 5.83. The van der Waals surface area contributed by atoms with E-state index in [0.717, 1.165) is 23.2 Å². The van der Waals surface area contributed by atoms with E-state index in [1.807, 2.05) is 12.1 Å². The standard InChI is InChI=1S/C20H20N2O2/c23-19-9-7-16-11-17(6-8-18(16)22-19)20(24)21-12-13-4-5-14-2-1-3-15(14)10-13/h4-6,8,10-11H,1-3,7,9,12H2,(H,21,24)(H,22,23). The lowest BCUT2D eigenvalue weighted by Crippen LogP contribution is -2.24. The summed E-state index contributed by atoms with van der Waals surface area (Å²) in [5.41, 5.74) is 6.51. The molecule has 24 heavy (non-hydrogen) atoms. The van der Waals surface area contributed by atoms with Crippen LogP contribution in [0.25, 0.3) is 0 Å². The number of fused-ring (bicyclic) bond motifs is 2. The molecule has 0 radical (unpaired) electrons. The summed E-state index contributed by atoms with van der Waals surface area (Å²) in [6, 6.07) is 12.0. The summed E-state index contributed by atoms with van der Waals surface area (Å²) >= 11 is 0. The van der Waals surface area contributed by atoms with Gasteiger partial charge in [-0.05, 0) is 66.1 Å². The van der Waals surface area contributed by atoms with Gasteiger partial charge in [0.1, 0.15) is 0 Å². The zero-order valence-corrected chi connectivity index (χ0v) is 13.5. The second kappa shape index (κ2) is 6.11. The molecule has 2 aromatic carbocycles. The van der Waals surface area contributed by atoms with Gasteiger partial charge in [-0.3, -0.25) is 9.59 Å². The van der Waals surface area contributed by atoms with Crippen LogP contribution in [0.2, 0.25) is 0 Å². The lowest BCUT2D eigenvalue weighted by atomic mass is 10.00. The highest BCUT2D eigenvalue weighted by Gasteiger charge is 2.17. The van der Waals surface area contributed by atoms with Crippen LogP contribution in [0.15, 0.2) is 36.4 Å². The molecular weight excluding hydrogens is 300 g/mol. The molecule has 2 aromatic rings. The Labute approximate surface area is 141 Å². The number of anilines is 1. The van der Waals surface area contributed by atoms with Crippen LogP contribution in [0, 0.1) is 0 Å². The lowest BCUT2D eigenvalue weighted by Gasteiger charge is -2.17. The Bertz CT molecular complexity index is 826. The molecule has 4 nitrogen and oxygen atoms in total. The molecule has 1 heterocycles. The molecule has 0 saturated carbocycles. The highest BCUT2D eigenvalue weighted by molar-refractivity contribution is 5.97. The van der Waals surface area contributed by atoms with Gasteiger partial charge in [0.2, 0.25) is 5.91 Å². The molecule has 2 N–H and O–H groups in total. The van der Waals surface area contributed by atoms with E-state index in [9.17, 15) is 9.59 Å². The second-order valence-electron chi connectivity index (χ2n) is 6.56. The van der Waals surface area contributed by atoms with Gasteiger partial charge in [-0.2, -0.15) is 0 Å². The molecule has 0 unspecified atom stereocenters. The van der Waals surface area contributed by atoms with Gasteiger partial charge in [0.05, 0.1) is 0 Å². The Hall–Kier alpha value is -2.62. The molecule has 2 amide bonds. The molecule has 4 rings (SSSR count). The van der Waals surface area contributed by atoms with Gasteiger partial charge in [0.15, 0.2) is 0 Å². The topological polar surface area (TPSA) is 58.2 Å². The van der Waals surface area contributed by atoms with Crippen LogP contribution in [0.5, 0.6) is 0 Å². The van der Waals surface area contributed by atoms with E-state index in [0.29, 0.717) is 24.9 Å². The molecule has 0 atom stereocenters.